The number of rotatable bonds is 8. The minimum Gasteiger partial charge on any atom is -0.482 e. The number of benzene rings is 1. The highest BCUT2D eigenvalue weighted by atomic mass is 16.6. The second-order valence-electron chi connectivity index (χ2n) is 5.50. The first kappa shape index (κ1) is 18.9. The van der Waals surface area contributed by atoms with E-state index >= 15 is 0 Å². The molecule has 2 rings (SSSR count). The summed E-state index contributed by atoms with van der Waals surface area (Å²) < 4.78 is 6.44. The minimum absolute atomic E-state index is 0.0395. The predicted octanol–water partition coefficient (Wildman–Crippen LogP) is 1.90. The van der Waals surface area contributed by atoms with Crippen molar-refractivity contribution < 1.29 is 24.4 Å². The van der Waals surface area contributed by atoms with Crippen LogP contribution in [0.4, 0.5) is 11.4 Å². The van der Waals surface area contributed by atoms with E-state index < -0.39 is 17.5 Å². The normalized spacial score (nSPS) is 10.4. The van der Waals surface area contributed by atoms with Crippen molar-refractivity contribution in [3.63, 3.8) is 0 Å². The number of hydrogen-bond acceptors (Lipinski definition) is 6. The van der Waals surface area contributed by atoms with Gasteiger partial charge in [-0.15, -0.1) is 0 Å². The molecule has 1 aromatic heterocycles. The van der Waals surface area contributed by atoms with Crippen molar-refractivity contribution in [2.45, 2.75) is 26.8 Å². The molecule has 0 bridgehead atoms. The van der Waals surface area contributed by atoms with Crippen LogP contribution in [0.5, 0.6) is 5.75 Å². The Morgan fingerprint density at radius 2 is 1.96 bits per heavy atom. The number of nitro groups is 1. The molecule has 138 valence electrons. The number of nitrogens with zero attached hydrogens (tertiary/aromatic N) is 3. The molecule has 0 saturated heterocycles. The van der Waals surface area contributed by atoms with E-state index in [4.69, 9.17) is 9.84 Å². The van der Waals surface area contributed by atoms with Gasteiger partial charge in [-0.3, -0.25) is 19.6 Å². The third-order valence-corrected chi connectivity index (χ3v) is 3.58. The summed E-state index contributed by atoms with van der Waals surface area (Å²) >= 11 is 0. The molecule has 26 heavy (non-hydrogen) atoms. The van der Waals surface area contributed by atoms with Gasteiger partial charge >= 0.3 is 11.7 Å². The van der Waals surface area contributed by atoms with Crippen LogP contribution in [-0.2, 0) is 16.1 Å². The zero-order chi connectivity index (χ0) is 19.3. The molecule has 0 unspecified atom stereocenters. The SMILES string of the molecule is Cc1nn(CCC(=O)Nc2ccc(OCC(=O)O)cc2)c(C)c1[N+](=O)[O-]. The van der Waals surface area contributed by atoms with E-state index in [0.717, 1.165) is 0 Å². The molecule has 10 nitrogen and oxygen atoms in total. The standard InChI is InChI=1S/C16H18N4O6/c1-10-16(20(24)25)11(2)19(18-10)8-7-14(21)17-12-3-5-13(6-4-12)26-9-15(22)23/h3-6H,7-9H2,1-2H3,(H,17,21)(H,22,23). The summed E-state index contributed by atoms with van der Waals surface area (Å²) in [4.78, 5) is 33.0. The van der Waals surface area contributed by atoms with Crippen LogP contribution in [0.1, 0.15) is 17.8 Å². The first-order valence-electron chi connectivity index (χ1n) is 7.71. The Labute approximate surface area is 148 Å². The van der Waals surface area contributed by atoms with Gasteiger partial charge in [-0.1, -0.05) is 0 Å². The summed E-state index contributed by atoms with van der Waals surface area (Å²) in [6.45, 7) is 2.91. The van der Waals surface area contributed by atoms with E-state index in [-0.39, 0.29) is 24.6 Å². The highest BCUT2D eigenvalue weighted by Gasteiger charge is 2.21. The topological polar surface area (TPSA) is 137 Å². The van der Waals surface area contributed by atoms with Crippen molar-refractivity contribution in [2.75, 3.05) is 11.9 Å². The quantitative estimate of drug-likeness (QED) is 0.540. The lowest BCUT2D eigenvalue weighted by Crippen LogP contribution is -2.15. The van der Waals surface area contributed by atoms with Gasteiger partial charge in [-0.2, -0.15) is 5.10 Å². The molecular weight excluding hydrogens is 344 g/mol. The molecule has 0 radical (unpaired) electrons. The molecule has 0 aliphatic heterocycles. The Morgan fingerprint density at radius 1 is 1.31 bits per heavy atom. The van der Waals surface area contributed by atoms with Crippen LogP contribution in [0.15, 0.2) is 24.3 Å². The number of hydrogen-bond donors (Lipinski definition) is 2. The maximum atomic E-state index is 12.0. The molecule has 0 aliphatic rings. The van der Waals surface area contributed by atoms with E-state index in [1.165, 1.54) is 4.68 Å². The van der Waals surface area contributed by atoms with Crippen LogP contribution >= 0.6 is 0 Å². The molecule has 1 aromatic carbocycles. The lowest BCUT2D eigenvalue weighted by molar-refractivity contribution is -0.386. The van der Waals surface area contributed by atoms with E-state index in [0.29, 0.717) is 22.8 Å². The van der Waals surface area contributed by atoms with Gasteiger partial charge in [-0.25, -0.2) is 4.79 Å². The van der Waals surface area contributed by atoms with Crippen molar-refractivity contribution >= 4 is 23.3 Å². The van der Waals surface area contributed by atoms with Crippen LogP contribution in [0.25, 0.3) is 0 Å². The van der Waals surface area contributed by atoms with Crippen molar-refractivity contribution in [3.05, 3.63) is 45.8 Å². The van der Waals surface area contributed by atoms with Gasteiger partial charge in [0.15, 0.2) is 6.61 Å². The number of amides is 1. The van der Waals surface area contributed by atoms with Crippen LogP contribution < -0.4 is 10.1 Å². The van der Waals surface area contributed by atoms with E-state index in [9.17, 15) is 19.7 Å². The molecule has 0 spiro atoms. The first-order valence-corrected chi connectivity index (χ1v) is 7.71. The molecule has 0 atom stereocenters. The van der Waals surface area contributed by atoms with Crippen LogP contribution in [0, 0.1) is 24.0 Å². The summed E-state index contributed by atoms with van der Waals surface area (Å²) in [7, 11) is 0. The monoisotopic (exact) mass is 362 g/mol. The average molecular weight is 362 g/mol. The number of nitrogens with one attached hydrogen (secondary N) is 1. The highest BCUT2D eigenvalue weighted by molar-refractivity contribution is 5.90. The van der Waals surface area contributed by atoms with Crippen LogP contribution in [0.3, 0.4) is 0 Å². The summed E-state index contributed by atoms with van der Waals surface area (Å²) in [6, 6.07) is 6.26. The molecular formula is C16H18N4O6. The fourth-order valence-electron chi connectivity index (χ4n) is 2.38. The molecule has 10 heteroatoms. The fourth-order valence-corrected chi connectivity index (χ4v) is 2.38. The van der Waals surface area contributed by atoms with E-state index in [1.807, 2.05) is 0 Å². The smallest absolute Gasteiger partial charge is 0.341 e. The third kappa shape index (κ3) is 4.79. The van der Waals surface area contributed by atoms with Gasteiger partial charge in [-0.05, 0) is 38.1 Å². The number of anilines is 1. The Morgan fingerprint density at radius 3 is 2.50 bits per heavy atom. The number of aliphatic carboxylic acids is 1. The minimum atomic E-state index is -1.08. The molecule has 0 aliphatic carbocycles. The maximum absolute atomic E-state index is 12.0. The second kappa shape index (κ2) is 8.10. The van der Waals surface area contributed by atoms with Crippen molar-refractivity contribution in [1.82, 2.24) is 9.78 Å². The summed E-state index contributed by atoms with van der Waals surface area (Å²) in [5.74, 6) is -0.980. The van der Waals surface area contributed by atoms with Gasteiger partial charge in [0.1, 0.15) is 17.1 Å². The highest BCUT2D eigenvalue weighted by Crippen LogP contribution is 2.22. The predicted molar refractivity (Wildman–Crippen MR) is 91.2 cm³/mol. The molecule has 1 heterocycles. The zero-order valence-corrected chi connectivity index (χ0v) is 14.3. The molecule has 1 amide bonds. The molecule has 0 saturated carbocycles. The van der Waals surface area contributed by atoms with Gasteiger partial charge < -0.3 is 15.2 Å². The lowest BCUT2D eigenvalue weighted by Gasteiger charge is -2.08. The number of aromatic nitrogens is 2. The Bertz CT molecular complexity index is 828. The van der Waals surface area contributed by atoms with Crippen molar-refractivity contribution in [1.29, 1.82) is 0 Å². The van der Waals surface area contributed by atoms with Crippen molar-refractivity contribution in [2.24, 2.45) is 0 Å². The first-order chi connectivity index (χ1) is 12.3. The number of carboxylic acid groups (broad SMARTS) is 1. The van der Waals surface area contributed by atoms with Crippen LogP contribution in [-0.4, -0.2) is 38.3 Å². The molecule has 2 N–H and O–H groups in total. The zero-order valence-electron chi connectivity index (χ0n) is 14.3. The van der Waals surface area contributed by atoms with Crippen molar-refractivity contribution in [3.8, 4) is 5.75 Å². The number of aryl methyl sites for hydroxylation is 2. The van der Waals surface area contributed by atoms with Crippen LogP contribution in [0.2, 0.25) is 0 Å². The van der Waals surface area contributed by atoms with Gasteiger partial charge in [0, 0.05) is 12.1 Å². The number of carboxylic acids is 1. The average Bonchev–Trinajstić information content (AvgIpc) is 2.86. The third-order valence-electron chi connectivity index (χ3n) is 3.58. The lowest BCUT2D eigenvalue weighted by atomic mass is 10.3. The van der Waals surface area contributed by atoms with Gasteiger partial charge in [0.05, 0.1) is 11.5 Å². The summed E-state index contributed by atoms with van der Waals surface area (Å²) in [5, 5.41) is 26.3. The van der Waals surface area contributed by atoms with E-state index in [2.05, 4.69) is 10.4 Å². The Kier molecular flexibility index (Phi) is 5.89. The Hall–Kier alpha value is -3.43. The number of carbonyl (C=O) groups is 2. The number of carbonyl (C=O) groups excluding carboxylic acids is 1. The molecule has 0 fully saturated rings. The van der Waals surface area contributed by atoms with Gasteiger partial charge in [0.2, 0.25) is 5.91 Å². The fraction of sp³-hybridized carbons (Fsp3) is 0.312. The molecule has 2 aromatic rings. The maximum Gasteiger partial charge on any atom is 0.341 e. The van der Waals surface area contributed by atoms with E-state index in [1.54, 1.807) is 38.1 Å². The second-order valence-corrected chi connectivity index (χ2v) is 5.50. The summed E-state index contributed by atoms with van der Waals surface area (Å²) in [6.07, 6.45) is 0.0936. The largest absolute Gasteiger partial charge is 0.482 e. The summed E-state index contributed by atoms with van der Waals surface area (Å²) in [5.41, 5.74) is 1.20. The Balaban J connectivity index is 1.90. The van der Waals surface area contributed by atoms with Gasteiger partial charge in [0.25, 0.3) is 0 Å². The number of ether oxygens (including phenoxy) is 1.